The van der Waals surface area contributed by atoms with Gasteiger partial charge in [-0.2, -0.15) is 0 Å². The molecule has 4 nitrogen and oxygen atoms in total. The minimum Gasteiger partial charge on any atom is -0.392 e. The van der Waals surface area contributed by atoms with Crippen LogP contribution in [0, 0.1) is 5.92 Å². The van der Waals surface area contributed by atoms with Crippen LogP contribution in [0.4, 0.5) is 0 Å². The normalized spacial score (nSPS) is 25.4. The highest BCUT2D eigenvalue weighted by atomic mass is 32.2. The van der Waals surface area contributed by atoms with Gasteiger partial charge in [0.15, 0.2) is 9.84 Å². The quantitative estimate of drug-likeness (QED) is 0.901. The average molecular weight is 283 g/mol. The van der Waals surface area contributed by atoms with Gasteiger partial charge in [0.25, 0.3) is 0 Å². The lowest BCUT2D eigenvalue weighted by Crippen LogP contribution is -2.44. The number of hydrogen-bond donors (Lipinski definition) is 1. The molecule has 106 valence electrons. The molecule has 0 amide bonds. The Kier molecular flexibility index (Phi) is 4.60. The van der Waals surface area contributed by atoms with Crippen molar-refractivity contribution in [1.82, 2.24) is 4.90 Å². The molecule has 1 fully saturated rings. The van der Waals surface area contributed by atoms with E-state index in [0.717, 1.165) is 13.0 Å². The fourth-order valence-electron chi connectivity index (χ4n) is 2.31. The number of benzene rings is 1. The number of hydrogen-bond acceptors (Lipinski definition) is 4. The van der Waals surface area contributed by atoms with Crippen LogP contribution in [0.5, 0.6) is 0 Å². The van der Waals surface area contributed by atoms with E-state index in [1.165, 1.54) is 0 Å². The summed E-state index contributed by atoms with van der Waals surface area (Å²) in [4.78, 5) is 2.41. The standard InChI is InChI=1S/C14H21NO3S/c1-12-7-8-15(11-14(12)16)9-10-19(17,18)13-5-3-2-4-6-13/h2-6,12,14,16H,7-11H2,1H3. The van der Waals surface area contributed by atoms with Gasteiger partial charge >= 0.3 is 0 Å². The first-order chi connectivity index (χ1) is 8.99. The second kappa shape index (κ2) is 6.03. The lowest BCUT2D eigenvalue weighted by Gasteiger charge is -2.34. The zero-order chi connectivity index (χ0) is 13.9. The second-order valence-electron chi connectivity index (χ2n) is 5.27. The highest BCUT2D eigenvalue weighted by molar-refractivity contribution is 7.91. The summed E-state index contributed by atoms with van der Waals surface area (Å²) in [5.74, 6) is 0.417. The summed E-state index contributed by atoms with van der Waals surface area (Å²) in [6.07, 6.45) is 0.584. The predicted octanol–water partition coefficient (Wildman–Crippen LogP) is 1.16. The minimum atomic E-state index is -3.21. The van der Waals surface area contributed by atoms with Crippen molar-refractivity contribution in [3.63, 3.8) is 0 Å². The minimum absolute atomic E-state index is 0.109. The number of nitrogens with zero attached hydrogens (tertiary/aromatic N) is 1. The van der Waals surface area contributed by atoms with Gasteiger partial charge in [0.1, 0.15) is 0 Å². The molecular formula is C14H21NO3S. The maximum atomic E-state index is 12.1. The summed E-state index contributed by atoms with van der Waals surface area (Å²) >= 11 is 0. The Bertz CT molecular complexity index is 501. The van der Waals surface area contributed by atoms with Gasteiger partial charge in [0, 0.05) is 13.1 Å². The summed E-state index contributed by atoms with van der Waals surface area (Å²) in [7, 11) is -3.21. The molecule has 0 aliphatic carbocycles. The third kappa shape index (κ3) is 3.78. The maximum Gasteiger partial charge on any atom is 0.179 e. The van der Waals surface area contributed by atoms with E-state index in [-0.39, 0.29) is 11.9 Å². The Morgan fingerprint density at radius 3 is 2.63 bits per heavy atom. The maximum absolute atomic E-state index is 12.1. The average Bonchev–Trinajstić information content (AvgIpc) is 2.41. The fourth-order valence-corrected chi connectivity index (χ4v) is 3.62. The summed E-state index contributed by atoms with van der Waals surface area (Å²) in [6, 6.07) is 8.53. The molecule has 19 heavy (non-hydrogen) atoms. The summed E-state index contributed by atoms with van der Waals surface area (Å²) < 4.78 is 24.3. The number of β-amino-alcohol motifs (C(OH)–C–C–N with tert-alkyl or cyclic N) is 1. The number of piperidine rings is 1. The first-order valence-electron chi connectivity index (χ1n) is 6.67. The van der Waals surface area contributed by atoms with Gasteiger partial charge in [-0.3, -0.25) is 4.90 Å². The Labute approximate surface area is 115 Å². The van der Waals surface area contributed by atoms with Crippen molar-refractivity contribution in [2.75, 3.05) is 25.4 Å². The van der Waals surface area contributed by atoms with E-state index in [4.69, 9.17) is 0 Å². The molecule has 2 unspecified atom stereocenters. The van der Waals surface area contributed by atoms with Crippen molar-refractivity contribution >= 4 is 9.84 Å². The Hall–Kier alpha value is -0.910. The molecule has 1 aromatic carbocycles. The predicted molar refractivity (Wildman–Crippen MR) is 74.7 cm³/mol. The molecule has 0 radical (unpaired) electrons. The van der Waals surface area contributed by atoms with Gasteiger partial charge in [0.2, 0.25) is 0 Å². The van der Waals surface area contributed by atoms with Crippen LogP contribution < -0.4 is 0 Å². The molecule has 5 heteroatoms. The molecule has 1 heterocycles. The number of rotatable bonds is 4. The number of likely N-dealkylation sites (tertiary alicyclic amines) is 1. The Balaban J connectivity index is 1.92. The smallest absolute Gasteiger partial charge is 0.179 e. The zero-order valence-electron chi connectivity index (χ0n) is 11.2. The number of aliphatic hydroxyl groups excluding tert-OH is 1. The Morgan fingerprint density at radius 2 is 2.00 bits per heavy atom. The SMILES string of the molecule is CC1CCN(CCS(=O)(=O)c2ccccc2)CC1O. The zero-order valence-corrected chi connectivity index (χ0v) is 12.0. The summed E-state index contributed by atoms with van der Waals surface area (Å²) in [6.45, 7) is 3.96. The van der Waals surface area contributed by atoms with Crippen molar-refractivity contribution < 1.29 is 13.5 Å². The van der Waals surface area contributed by atoms with E-state index >= 15 is 0 Å². The molecule has 0 bridgehead atoms. The van der Waals surface area contributed by atoms with Gasteiger partial charge < -0.3 is 5.11 Å². The van der Waals surface area contributed by atoms with Crippen LogP contribution in [0.25, 0.3) is 0 Å². The topological polar surface area (TPSA) is 57.6 Å². The van der Waals surface area contributed by atoms with Crippen LogP contribution in [0.3, 0.4) is 0 Å². The van der Waals surface area contributed by atoms with Crippen LogP contribution in [0.1, 0.15) is 13.3 Å². The highest BCUT2D eigenvalue weighted by Gasteiger charge is 2.25. The van der Waals surface area contributed by atoms with E-state index < -0.39 is 9.84 Å². The van der Waals surface area contributed by atoms with Gasteiger partial charge in [-0.25, -0.2) is 8.42 Å². The Morgan fingerprint density at radius 1 is 1.32 bits per heavy atom. The molecular weight excluding hydrogens is 262 g/mol. The van der Waals surface area contributed by atoms with Crippen molar-refractivity contribution in [3.8, 4) is 0 Å². The number of aliphatic hydroxyl groups is 1. The molecule has 0 saturated carbocycles. The van der Waals surface area contributed by atoms with Crippen molar-refractivity contribution in [2.45, 2.75) is 24.3 Å². The van der Waals surface area contributed by atoms with Crippen molar-refractivity contribution in [2.24, 2.45) is 5.92 Å². The lowest BCUT2D eigenvalue weighted by atomic mass is 9.96. The molecule has 1 aromatic rings. The van der Waals surface area contributed by atoms with E-state index in [2.05, 4.69) is 0 Å². The molecule has 1 N–H and O–H groups in total. The van der Waals surface area contributed by atoms with Crippen molar-refractivity contribution in [1.29, 1.82) is 0 Å². The fraction of sp³-hybridized carbons (Fsp3) is 0.571. The first kappa shape index (κ1) is 14.5. The van der Waals surface area contributed by atoms with Gasteiger partial charge in [-0.15, -0.1) is 0 Å². The number of sulfone groups is 1. The van der Waals surface area contributed by atoms with Gasteiger partial charge in [0.05, 0.1) is 16.8 Å². The third-order valence-corrected chi connectivity index (χ3v) is 5.49. The van der Waals surface area contributed by atoms with Crippen molar-refractivity contribution in [3.05, 3.63) is 30.3 Å². The first-order valence-corrected chi connectivity index (χ1v) is 8.32. The van der Waals surface area contributed by atoms with E-state index in [1.54, 1.807) is 30.3 Å². The molecule has 2 atom stereocenters. The van der Waals surface area contributed by atoms with Crippen LogP contribution in [-0.2, 0) is 9.84 Å². The highest BCUT2D eigenvalue weighted by Crippen LogP contribution is 2.17. The molecule has 1 aliphatic heterocycles. The van der Waals surface area contributed by atoms with E-state index in [1.807, 2.05) is 11.8 Å². The molecule has 0 aromatic heterocycles. The van der Waals surface area contributed by atoms with Gasteiger partial charge in [-0.1, -0.05) is 25.1 Å². The van der Waals surface area contributed by atoms with E-state index in [0.29, 0.717) is 23.9 Å². The second-order valence-corrected chi connectivity index (χ2v) is 7.37. The van der Waals surface area contributed by atoms with Crippen LogP contribution in [-0.4, -0.2) is 49.9 Å². The molecule has 2 rings (SSSR count). The molecule has 1 aliphatic rings. The largest absolute Gasteiger partial charge is 0.392 e. The third-order valence-electron chi connectivity index (χ3n) is 3.78. The van der Waals surface area contributed by atoms with Crippen LogP contribution >= 0.6 is 0 Å². The summed E-state index contributed by atoms with van der Waals surface area (Å²) in [5, 5.41) is 9.80. The molecule has 1 saturated heterocycles. The van der Waals surface area contributed by atoms with E-state index in [9.17, 15) is 13.5 Å². The molecule has 0 spiro atoms. The summed E-state index contributed by atoms with van der Waals surface area (Å²) in [5.41, 5.74) is 0. The monoisotopic (exact) mass is 283 g/mol. The van der Waals surface area contributed by atoms with Gasteiger partial charge in [-0.05, 0) is 31.0 Å². The van der Waals surface area contributed by atoms with Crippen LogP contribution in [0.2, 0.25) is 0 Å². The lowest BCUT2D eigenvalue weighted by molar-refractivity contribution is 0.0319. The van der Waals surface area contributed by atoms with Crippen LogP contribution in [0.15, 0.2) is 35.2 Å².